The summed E-state index contributed by atoms with van der Waals surface area (Å²) in [6.07, 6.45) is 5.06. The van der Waals surface area contributed by atoms with Crippen LogP contribution in [0, 0.1) is 0 Å². The molecule has 12 heavy (non-hydrogen) atoms. The van der Waals surface area contributed by atoms with Crippen LogP contribution in [0.5, 0.6) is 0 Å². The van der Waals surface area contributed by atoms with Crippen LogP contribution in [0.25, 0.3) is 0 Å². The first kappa shape index (κ1) is 10.2. The molecular formula is C9H15BrO2. The van der Waals surface area contributed by atoms with E-state index in [0.29, 0.717) is 6.61 Å². The van der Waals surface area contributed by atoms with Crippen molar-refractivity contribution in [1.29, 1.82) is 0 Å². The fourth-order valence-corrected chi connectivity index (χ4v) is 1.90. The predicted molar refractivity (Wildman–Crippen MR) is 52.5 cm³/mol. The summed E-state index contributed by atoms with van der Waals surface area (Å²) in [4.78, 5) is 0. The summed E-state index contributed by atoms with van der Waals surface area (Å²) in [6, 6.07) is 0. The third kappa shape index (κ3) is 2.57. The molecule has 1 rings (SSSR count). The van der Waals surface area contributed by atoms with Gasteiger partial charge in [-0.25, -0.2) is 0 Å². The molecule has 0 N–H and O–H groups in total. The second kappa shape index (κ2) is 5.00. The van der Waals surface area contributed by atoms with Crippen LogP contribution in [0.15, 0.2) is 12.7 Å². The molecule has 1 fully saturated rings. The summed E-state index contributed by atoms with van der Waals surface area (Å²) < 4.78 is 11.2. The lowest BCUT2D eigenvalue weighted by Gasteiger charge is -2.35. The van der Waals surface area contributed by atoms with Gasteiger partial charge in [0.15, 0.2) is 5.79 Å². The molecule has 0 radical (unpaired) electrons. The topological polar surface area (TPSA) is 18.5 Å². The molecule has 1 saturated heterocycles. The maximum Gasteiger partial charge on any atom is 0.178 e. The predicted octanol–water partition coefficient (Wildman–Crippen LogP) is 2.48. The third-order valence-corrected chi connectivity index (χ3v) is 2.84. The van der Waals surface area contributed by atoms with E-state index in [2.05, 4.69) is 22.5 Å². The molecule has 0 aliphatic carbocycles. The molecule has 1 atom stereocenters. The molecule has 0 amide bonds. The Hall–Kier alpha value is 0.140. The van der Waals surface area contributed by atoms with Gasteiger partial charge in [0, 0.05) is 6.42 Å². The molecule has 3 heteroatoms. The Morgan fingerprint density at radius 3 is 2.92 bits per heavy atom. The van der Waals surface area contributed by atoms with E-state index < -0.39 is 0 Å². The Morgan fingerprint density at radius 1 is 1.58 bits per heavy atom. The maximum atomic E-state index is 5.60. The van der Waals surface area contributed by atoms with Gasteiger partial charge in [-0.1, -0.05) is 22.0 Å². The quantitative estimate of drug-likeness (QED) is 0.550. The number of rotatable bonds is 4. The van der Waals surface area contributed by atoms with Gasteiger partial charge in [-0.15, -0.1) is 6.58 Å². The molecule has 1 aliphatic rings. The average Bonchev–Trinajstić information content (AvgIpc) is 2.16. The van der Waals surface area contributed by atoms with Crippen molar-refractivity contribution in [3.63, 3.8) is 0 Å². The summed E-state index contributed by atoms with van der Waals surface area (Å²) >= 11 is 3.41. The molecule has 0 aromatic heterocycles. The van der Waals surface area contributed by atoms with Crippen molar-refractivity contribution in [3.8, 4) is 0 Å². The van der Waals surface area contributed by atoms with Crippen molar-refractivity contribution >= 4 is 15.9 Å². The lowest BCUT2D eigenvalue weighted by molar-refractivity contribution is -0.234. The Kier molecular flexibility index (Phi) is 4.26. The van der Waals surface area contributed by atoms with Gasteiger partial charge in [0.25, 0.3) is 0 Å². The highest BCUT2D eigenvalue weighted by molar-refractivity contribution is 9.09. The average molecular weight is 235 g/mol. The van der Waals surface area contributed by atoms with Crippen molar-refractivity contribution in [2.45, 2.75) is 25.0 Å². The summed E-state index contributed by atoms with van der Waals surface area (Å²) in [6.45, 7) is 4.98. The maximum absolute atomic E-state index is 5.60. The minimum atomic E-state index is -0.382. The normalized spacial score (nSPS) is 30.1. The number of hydrogen-bond acceptors (Lipinski definition) is 2. The largest absolute Gasteiger partial charge is 0.349 e. The van der Waals surface area contributed by atoms with Crippen molar-refractivity contribution < 1.29 is 9.47 Å². The second-order valence-electron chi connectivity index (χ2n) is 2.95. The van der Waals surface area contributed by atoms with Gasteiger partial charge in [0.05, 0.1) is 18.5 Å². The Bertz CT molecular complexity index is 141. The number of hydrogen-bond donors (Lipinski definition) is 0. The van der Waals surface area contributed by atoms with Gasteiger partial charge < -0.3 is 9.47 Å². The van der Waals surface area contributed by atoms with Crippen LogP contribution in [0.2, 0.25) is 0 Å². The van der Waals surface area contributed by atoms with E-state index >= 15 is 0 Å². The minimum Gasteiger partial charge on any atom is -0.349 e. The van der Waals surface area contributed by atoms with Crippen molar-refractivity contribution in [2.75, 3.05) is 18.5 Å². The van der Waals surface area contributed by atoms with Crippen LogP contribution in [0.4, 0.5) is 0 Å². The lowest BCUT2D eigenvalue weighted by Crippen LogP contribution is -2.41. The molecule has 0 spiro atoms. The summed E-state index contributed by atoms with van der Waals surface area (Å²) in [7, 11) is 0. The highest BCUT2D eigenvalue weighted by Gasteiger charge is 2.32. The molecule has 70 valence electrons. The summed E-state index contributed by atoms with van der Waals surface area (Å²) in [5.74, 6) is -0.382. The Labute approximate surface area is 82.1 Å². The van der Waals surface area contributed by atoms with E-state index in [-0.39, 0.29) is 5.79 Å². The van der Waals surface area contributed by atoms with E-state index in [0.717, 1.165) is 24.8 Å². The molecule has 1 aliphatic heterocycles. The minimum absolute atomic E-state index is 0.382. The highest BCUT2D eigenvalue weighted by atomic mass is 79.9. The number of ether oxygens (including phenoxy) is 2. The van der Waals surface area contributed by atoms with Crippen LogP contribution >= 0.6 is 15.9 Å². The Balaban J connectivity index is 2.41. The van der Waals surface area contributed by atoms with Gasteiger partial charge in [0.1, 0.15) is 0 Å². The zero-order valence-electron chi connectivity index (χ0n) is 7.22. The van der Waals surface area contributed by atoms with Crippen LogP contribution in [0.3, 0.4) is 0 Å². The molecular weight excluding hydrogens is 220 g/mol. The molecule has 1 unspecified atom stereocenters. The van der Waals surface area contributed by atoms with Crippen LogP contribution in [-0.4, -0.2) is 24.3 Å². The number of alkyl halides is 1. The van der Waals surface area contributed by atoms with E-state index in [1.165, 1.54) is 6.42 Å². The summed E-state index contributed by atoms with van der Waals surface area (Å²) in [5, 5.41) is 0.744. The van der Waals surface area contributed by atoms with E-state index in [4.69, 9.17) is 9.47 Å². The smallest absolute Gasteiger partial charge is 0.178 e. The summed E-state index contributed by atoms with van der Waals surface area (Å²) in [5.41, 5.74) is 0. The van der Waals surface area contributed by atoms with E-state index in [9.17, 15) is 0 Å². The standard InChI is InChI=1S/C9H15BrO2/c1-2-6-11-9(8-10)5-3-4-7-12-9/h2H,1,3-8H2. The SMILES string of the molecule is C=CCOC1(CBr)CCCCO1. The fourth-order valence-electron chi connectivity index (χ4n) is 1.30. The molecule has 0 saturated carbocycles. The zero-order valence-corrected chi connectivity index (χ0v) is 8.81. The van der Waals surface area contributed by atoms with Crippen LogP contribution < -0.4 is 0 Å². The van der Waals surface area contributed by atoms with E-state index in [1.807, 2.05) is 0 Å². The first-order valence-electron chi connectivity index (χ1n) is 4.28. The van der Waals surface area contributed by atoms with E-state index in [1.54, 1.807) is 6.08 Å². The highest BCUT2D eigenvalue weighted by Crippen LogP contribution is 2.27. The van der Waals surface area contributed by atoms with Crippen molar-refractivity contribution in [2.24, 2.45) is 0 Å². The van der Waals surface area contributed by atoms with Crippen molar-refractivity contribution in [3.05, 3.63) is 12.7 Å². The molecule has 0 aromatic carbocycles. The number of halogens is 1. The Morgan fingerprint density at radius 2 is 2.42 bits per heavy atom. The molecule has 0 aromatic rings. The van der Waals surface area contributed by atoms with Crippen LogP contribution in [0.1, 0.15) is 19.3 Å². The third-order valence-electron chi connectivity index (χ3n) is 1.98. The molecule has 0 bridgehead atoms. The first-order chi connectivity index (χ1) is 5.83. The molecule has 1 heterocycles. The van der Waals surface area contributed by atoms with Gasteiger partial charge in [-0.3, -0.25) is 0 Å². The zero-order chi connectivity index (χ0) is 8.86. The molecule has 2 nitrogen and oxygen atoms in total. The van der Waals surface area contributed by atoms with Crippen LogP contribution in [-0.2, 0) is 9.47 Å². The van der Waals surface area contributed by atoms with Gasteiger partial charge >= 0.3 is 0 Å². The van der Waals surface area contributed by atoms with Crippen molar-refractivity contribution in [1.82, 2.24) is 0 Å². The lowest BCUT2D eigenvalue weighted by atomic mass is 10.1. The monoisotopic (exact) mass is 234 g/mol. The fraction of sp³-hybridized carbons (Fsp3) is 0.778. The first-order valence-corrected chi connectivity index (χ1v) is 5.40. The van der Waals surface area contributed by atoms with Gasteiger partial charge in [-0.05, 0) is 12.8 Å². The van der Waals surface area contributed by atoms with Gasteiger partial charge in [0.2, 0.25) is 0 Å². The second-order valence-corrected chi connectivity index (χ2v) is 3.51. The van der Waals surface area contributed by atoms with Gasteiger partial charge in [-0.2, -0.15) is 0 Å².